The van der Waals surface area contributed by atoms with Crippen LogP contribution in [0.1, 0.15) is 5.56 Å². The van der Waals surface area contributed by atoms with Crippen molar-refractivity contribution < 1.29 is 31.8 Å². The fraction of sp³-hybridized carbons (Fsp3) is 0.571. The SMILES string of the molecule is COc1ncc(Br)cc1CN[C@@H]1CN(C(=O)OCC(F)(F)F)C[C@@H]1F. The van der Waals surface area contributed by atoms with Crippen molar-refractivity contribution in [2.75, 3.05) is 26.8 Å². The van der Waals surface area contributed by atoms with Crippen LogP contribution in [0.4, 0.5) is 22.4 Å². The second-order valence-electron chi connectivity index (χ2n) is 5.40. The van der Waals surface area contributed by atoms with E-state index in [2.05, 4.69) is 31.0 Å². The van der Waals surface area contributed by atoms with Crippen LogP contribution < -0.4 is 10.1 Å². The average molecular weight is 430 g/mol. The summed E-state index contributed by atoms with van der Waals surface area (Å²) in [6.45, 7) is -1.91. The molecule has 2 rings (SSSR count). The molecule has 1 fully saturated rings. The normalized spacial score (nSPS) is 20.6. The Labute approximate surface area is 149 Å². The van der Waals surface area contributed by atoms with Gasteiger partial charge in [0.05, 0.1) is 19.7 Å². The Hall–Kier alpha value is -1.62. The summed E-state index contributed by atoms with van der Waals surface area (Å²) in [4.78, 5) is 16.5. The van der Waals surface area contributed by atoms with E-state index < -0.39 is 31.1 Å². The number of methoxy groups -OCH3 is 1. The number of hydrogen-bond acceptors (Lipinski definition) is 5. The molecule has 0 unspecified atom stereocenters. The Kier molecular flexibility index (Phi) is 6.44. The van der Waals surface area contributed by atoms with Crippen molar-refractivity contribution in [3.63, 3.8) is 0 Å². The molecule has 1 aliphatic heterocycles. The first kappa shape index (κ1) is 19.7. The number of amides is 1. The van der Waals surface area contributed by atoms with Crippen molar-refractivity contribution in [2.24, 2.45) is 0 Å². The van der Waals surface area contributed by atoms with E-state index in [-0.39, 0.29) is 19.6 Å². The first-order chi connectivity index (χ1) is 11.7. The van der Waals surface area contributed by atoms with Gasteiger partial charge in [-0.3, -0.25) is 0 Å². The number of halogens is 5. The third-order valence-corrected chi connectivity index (χ3v) is 3.94. The largest absolute Gasteiger partial charge is 0.481 e. The minimum atomic E-state index is -4.62. The van der Waals surface area contributed by atoms with Gasteiger partial charge in [-0.25, -0.2) is 14.2 Å². The number of hydrogen-bond donors (Lipinski definition) is 1. The summed E-state index contributed by atoms with van der Waals surface area (Å²) in [7, 11) is 1.45. The topological polar surface area (TPSA) is 63.7 Å². The number of rotatable bonds is 5. The second kappa shape index (κ2) is 8.17. The zero-order chi connectivity index (χ0) is 18.6. The first-order valence-electron chi connectivity index (χ1n) is 7.24. The van der Waals surface area contributed by atoms with E-state index in [1.807, 2.05) is 0 Å². The van der Waals surface area contributed by atoms with Gasteiger partial charge in [-0.2, -0.15) is 13.2 Å². The van der Waals surface area contributed by atoms with Crippen LogP contribution in [-0.2, 0) is 11.3 Å². The number of ether oxygens (including phenoxy) is 2. The van der Waals surface area contributed by atoms with Crippen LogP contribution in [0.25, 0.3) is 0 Å². The number of likely N-dealkylation sites (tertiary alicyclic amines) is 1. The van der Waals surface area contributed by atoms with Crippen molar-refractivity contribution >= 4 is 22.0 Å². The zero-order valence-electron chi connectivity index (χ0n) is 13.1. The van der Waals surface area contributed by atoms with Crippen LogP contribution in [0.3, 0.4) is 0 Å². The molecule has 140 valence electrons. The minimum absolute atomic E-state index is 0.0956. The number of carbonyl (C=O) groups excluding carboxylic acids is 1. The summed E-state index contributed by atoms with van der Waals surface area (Å²) >= 11 is 3.27. The van der Waals surface area contributed by atoms with E-state index in [9.17, 15) is 22.4 Å². The molecule has 25 heavy (non-hydrogen) atoms. The maximum atomic E-state index is 14.0. The van der Waals surface area contributed by atoms with E-state index in [1.54, 1.807) is 12.3 Å². The summed E-state index contributed by atoms with van der Waals surface area (Å²) in [6, 6.07) is 1.01. The van der Waals surface area contributed by atoms with Crippen molar-refractivity contribution in [3.05, 3.63) is 22.3 Å². The lowest BCUT2D eigenvalue weighted by atomic mass is 10.2. The van der Waals surface area contributed by atoms with Gasteiger partial charge in [0.25, 0.3) is 0 Å². The molecule has 1 saturated heterocycles. The number of carbonyl (C=O) groups is 1. The predicted molar refractivity (Wildman–Crippen MR) is 83.0 cm³/mol. The molecular weight excluding hydrogens is 414 g/mol. The first-order valence-corrected chi connectivity index (χ1v) is 8.03. The monoisotopic (exact) mass is 429 g/mol. The third-order valence-electron chi connectivity index (χ3n) is 3.51. The maximum Gasteiger partial charge on any atom is 0.422 e. The van der Waals surface area contributed by atoms with Gasteiger partial charge in [0.2, 0.25) is 5.88 Å². The number of nitrogens with zero attached hydrogens (tertiary/aromatic N) is 2. The fourth-order valence-corrected chi connectivity index (χ4v) is 2.74. The van der Waals surface area contributed by atoms with E-state index in [1.165, 1.54) is 7.11 Å². The van der Waals surface area contributed by atoms with Gasteiger partial charge in [-0.1, -0.05) is 0 Å². The smallest absolute Gasteiger partial charge is 0.422 e. The van der Waals surface area contributed by atoms with Gasteiger partial charge in [0, 0.05) is 29.3 Å². The quantitative estimate of drug-likeness (QED) is 0.729. The molecule has 1 aromatic rings. The van der Waals surface area contributed by atoms with Crippen LogP contribution in [-0.4, -0.2) is 61.2 Å². The summed E-state index contributed by atoms with van der Waals surface area (Å²) in [5.74, 6) is 0.366. The Morgan fingerprint density at radius 1 is 1.48 bits per heavy atom. The molecule has 0 radical (unpaired) electrons. The van der Waals surface area contributed by atoms with Crippen LogP contribution in [0.15, 0.2) is 16.7 Å². The maximum absolute atomic E-state index is 14.0. The van der Waals surface area contributed by atoms with Crippen LogP contribution >= 0.6 is 15.9 Å². The van der Waals surface area contributed by atoms with E-state index in [0.717, 1.165) is 4.90 Å². The summed E-state index contributed by atoms with van der Waals surface area (Å²) < 4.78 is 60.2. The van der Waals surface area contributed by atoms with Gasteiger partial charge in [0.15, 0.2) is 6.61 Å². The lowest BCUT2D eigenvalue weighted by Gasteiger charge is -2.17. The molecule has 11 heteroatoms. The summed E-state index contributed by atoms with van der Waals surface area (Å²) in [5, 5.41) is 2.92. The van der Waals surface area contributed by atoms with Crippen LogP contribution in [0.2, 0.25) is 0 Å². The molecule has 0 aliphatic carbocycles. The molecule has 2 atom stereocenters. The predicted octanol–water partition coefficient (Wildman–Crippen LogP) is 2.66. The highest BCUT2D eigenvalue weighted by Gasteiger charge is 2.38. The Morgan fingerprint density at radius 2 is 2.20 bits per heavy atom. The van der Waals surface area contributed by atoms with Crippen molar-refractivity contribution in [3.8, 4) is 5.88 Å². The number of nitrogens with one attached hydrogen (secondary N) is 1. The molecule has 6 nitrogen and oxygen atoms in total. The summed E-state index contributed by atoms with van der Waals surface area (Å²) in [5.41, 5.74) is 0.669. The average Bonchev–Trinajstić information content (AvgIpc) is 2.91. The minimum Gasteiger partial charge on any atom is -0.481 e. The van der Waals surface area contributed by atoms with Crippen molar-refractivity contribution in [2.45, 2.75) is 24.9 Å². The Balaban J connectivity index is 1.90. The molecule has 2 heterocycles. The van der Waals surface area contributed by atoms with Crippen molar-refractivity contribution in [1.82, 2.24) is 15.2 Å². The van der Waals surface area contributed by atoms with Crippen LogP contribution in [0, 0.1) is 0 Å². The molecule has 0 aromatic carbocycles. The lowest BCUT2D eigenvalue weighted by molar-refractivity contribution is -0.162. The Morgan fingerprint density at radius 3 is 2.84 bits per heavy atom. The number of pyridine rings is 1. The van der Waals surface area contributed by atoms with Gasteiger partial charge in [0.1, 0.15) is 6.17 Å². The molecule has 1 aliphatic rings. The summed E-state index contributed by atoms with van der Waals surface area (Å²) in [6.07, 6.45) is -5.68. The van der Waals surface area contributed by atoms with E-state index in [0.29, 0.717) is 15.9 Å². The van der Waals surface area contributed by atoms with Crippen molar-refractivity contribution in [1.29, 1.82) is 0 Å². The molecule has 1 amide bonds. The van der Waals surface area contributed by atoms with Crippen LogP contribution in [0.5, 0.6) is 5.88 Å². The van der Waals surface area contributed by atoms with Gasteiger partial charge in [-0.05, 0) is 22.0 Å². The molecule has 0 saturated carbocycles. The molecule has 1 aromatic heterocycles. The molecule has 1 N–H and O–H groups in total. The standard InChI is InChI=1S/C14H16BrF4N3O3/c1-24-12-8(2-9(15)4-21-12)3-20-11-6-22(5-10(11)16)13(23)25-7-14(17,18)19/h2,4,10-11,20H,3,5-7H2,1H3/t10-,11+/m0/s1. The van der Waals surface area contributed by atoms with Gasteiger partial charge >= 0.3 is 12.3 Å². The number of aromatic nitrogens is 1. The highest BCUT2D eigenvalue weighted by atomic mass is 79.9. The highest BCUT2D eigenvalue weighted by Crippen LogP contribution is 2.22. The second-order valence-corrected chi connectivity index (χ2v) is 6.32. The Bertz CT molecular complexity index is 617. The molecule has 0 spiro atoms. The third kappa shape index (κ3) is 5.70. The van der Waals surface area contributed by atoms with E-state index >= 15 is 0 Å². The highest BCUT2D eigenvalue weighted by molar-refractivity contribution is 9.10. The zero-order valence-corrected chi connectivity index (χ0v) is 14.7. The molecule has 0 bridgehead atoms. The fourth-order valence-electron chi connectivity index (χ4n) is 2.36. The van der Waals surface area contributed by atoms with E-state index in [4.69, 9.17) is 4.74 Å². The van der Waals surface area contributed by atoms with Gasteiger partial charge in [-0.15, -0.1) is 0 Å². The van der Waals surface area contributed by atoms with Gasteiger partial charge < -0.3 is 19.7 Å². The molecular formula is C14H16BrF4N3O3. The number of alkyl halides is 4. The lowest BCUT2D eigenvalue weighted by Crippen LogP contribution is -2.38.